The zero-order valence-corrected chi connectivity index (χ0v) is 21.8. The number of aromatic amines is 2. The number of anilines is 1. The molecule has 6 heterocycles. The molecule has 0 saturated heterocycles. The summed E-state index contributed by atoms with van der Waals surface area (Å²) in [7, 11) is 0. The summed E-state index contributed by atoms with van der Waals surface area (Å²) in [6.07, 6.45) is 13.4. The van der Waals surface area contributed by atoms with Crippen LogP contribution in [0, 0.1) is 5.92 Å². The summed E-state index contributed by atoms with van der Waals surface area (Å²) >= 11 is 0. The summed E-state index contributed by atoms with van der Waals surface area (Å²) in [5.41, 5.74) is 7.24. The molecule has 10 nitrogen and oxygen atoms in total. The maximum Gasteiger partial charge on any atom is 0.224 e. The van der Waals surface area contributed by atoms with E-state index in [1.165, 1.54) is 19.3 Å². The highest BCUT2D eigenvalue weighted by atomic mass is 16.1. The smallest absolute Gasteiger partial charge is 0.224 e. The van der Waals surface area contributed by atoms with Crippen LogP contribution in [-0.2, 0) is 4.79 Å². The Hall–Kier alpha value is -4.99. The predicted octanol–water partition coefficient (Wildman–Crippen LogP) is 5.93. The molecule has 0 aromatic carbocycles. The number of nitrogens with zero attached hydrogens (tertiary/aromatic N) is 6. The number of rotatable bonds is 6. The van der Waals surface area contributed by atoms with Crippen LogP contribution in [0.3, 0.4) is 0 Å². The molecule has 6 aromatic rings. The van der Waals surface area contributed by atoms with Crippen LogP contribution in [0.2, 0.25) is 0 Å². The molecule has 1 amide bonds. The summed E-state index contributed by atoms with van der Waals surface area (Å²) in [6.45, 7) is 0. The van der Waals surface area contributed by atoms with Crippen molar-refractivity contribution in [3.05, 3.63) is 67.3 Å². The Morgan fingerprint density at radius 2 is 1.77 bits per heavy atom. The van der Waals surface area contributed by atoms with Crippen molar-refractivity contribution < 1.29 is 4.79 Å². The second-order valence-corrected chi connectivity index (χ2v) is 10.2. The number of carbonyl (C=O) groups is 1. The second-order valence-electron chi connectivity index (χ2n) is 10.2. The molecule has 0 radical (unpaired) electrons. The Morgan fingerprint density at radius 3 is 2.65 bits per heavy atom. The summed E-state index contributed by atoms with van der Waals surface area (Å²) in [4.78, 5) is 39.1. The number of imidazole rings is 1. The van der Waals surface area contributed by atoms with Crippen molar-refractivity contribution in [2.45, 2.75) is 38.5 Å². The Labute approximate surface area is 229 Å². The summed E-state index contributed by atoms with van der Waals surface area (Å²) in [5.74, 6) is 1.09. The number of carbonyl (C=O) groups excluding carboxylic acids is 1. The van der Waals surface area contributed by atoms with Crippen molar-refractivity contribution in [3.8, 4) is 34.2 Å². The number of pyridine rings is 4. The molecule has 0 aliphatic heterocycles. The Balaban J connectivity index is 1.19. The minimum absolute atomic E-state index is 0.0378. The molecular formula is C30H27N9O. The van der Waals surface area contributed by atoms with Gasteiger partial charge in [0.05, 0.1) is 34.3 Å². The topological polar surface area (TPSA) is 138 Å². The Kier molecular flexibility index (Phi) is 6.19. The molecule has 1 aliphatic carbocycles. The number of fused-ring (bicyclic) bond motifs is 2. The zero-order chi connectivity index (χ0) is 26.9. The van der Waals surface area contributed by atoms with Gasteiger partial charge in [0.25, 0.3) is 0 Å². The van der Waals surface area contributed by atoms with Crippen molar-refractivity contribution >= 4 is 33.7 Å². The first-order valence-corrected chi connectivity index (χ1v) is 13.6. The van der Waals surface area contributed by atoms with Gasteiger partial charge in [0.1, 0.15) is 16.7 Å². The van der Waals surface area contributed by atoms with E-state index in [-0.39, 0.29) is 5.91 Å². The third kappa shape index (κ3) is 4.68. The lowest BCUT2D eigenvalue weighted by Crippen LogP contribution is -2.18. The molecule has 0 atom stereocenters. The SMILES string of the molecule is O=C(CC1CCCCC1)Nc1cncc(-c2ccc3[nH]nc(-c4nc5c(-c6ccccn6)nccc5[nH]4)c3n2)c1. The monoisotopic (exact) mass is 529 g/mol. The van der Waals surface area contributed by atoms with E-state index in [4.69, 9.17) is 9.97 Å². The average Bonchev–Trinajstić information content (AvgIpc) is 3.62. The van der Waals surface area contributed by atoms with Crippen molar-refractivity contribution in [1.82, 2.24) is 40.1 Å². The molecule has 0 bridgehead atoms. The van der Waals surface area contributed by atoms with Crippen molar-refractivity contribution in [2.75, 3.05) is 5.32 Å². The van der Waals surface area contributed by atoms with Crippen LogP contribution in [0.15, 0.2) is 67.3 Å². The second kappa shape index (κ2) is 10.3. The number of H-pyrrole nitrogens is 2. The molecule has 3 N–H and O–H groups in total. The van der Waals surface area contributed by atoms with E-state index in [2.05, 4.69) is 35.5 Å². The minimum Gasteiger partial charge on any atom is -0.336 e. The van der Waals surface area contributed by atoms with Gasteiger partial charge in [0, 0.05) is 30.6 Å². The number of hydrogen-bond donors (Lipinski definition) is 3. The fourth-order valence-corrected chi connectivity index (χ4v) is 5.48. The van der Waals surface area contributed by atoms with Crippen LogP contribution >= 0.6 is 0 Å². The summed E-state index contributed by atoms with van der Waals surface area (Å²) in [5, 5.41) is 10.6. The molecule has 10 heteroatoms. The minimum atomic E-state index is 0.0378. The maximum atomic E-state index is 12.7. The van der Waals surface area contributed by atoms with Gasteiger partial charge in [-0.05, 0) is 55.2 Å². The molecule has 0 unspecified atom stereocenters. The van der Waals surface area contributed by atoms with Crippen LogP contribution in [0.1, 0.15) is 38.5 Å². The number of aromatic nitrogens is 8. The number of nitrogens with one attached hydrogen (secondary N) is 3. The molecule has 198 valence electrons. The Morgan fingerprint density at radius 1 is 0.875 bits per heavy atom. The lowest BCUT2D eigenvalue weighted by molar-refractivity contribution is -0.117. The van der Waals surface area contributed by atoms with E-state index in [1.54, 1.807) is 24.8 Å². The first-order chi connectivity index (χ1) is 19.7. The third-order valence-electron chi connectivity index (χ3n) is 7.46. The number of amides is 1. The standard InChI is InChI=1S/C30H27N9O/c40-25(14-18-6-2-1-3-7-18)34-20-15-19(16-31-17-20)21-9-10-24-28(35-21)29(39-38-24)30-36-23-11-13-33-26(27(23)37-30)22-8-4-5-12-32-22/h4-5,8-13,15-18H,1-3,6-7,14H2,(H,34,40)(H,36,37)(H,38,39). The van der Waals surface area contributed by atoms with Gasteiger partial charge in [0.2, 0.25) is 5.91 Å². The van der Waals surface area contributed by atoms with Crippen molar-refractivity contribution in [3.63, 3.8) is 0 Å². The Bertz CT molecular complexity index is 1820. The molecule has 1 saturated carbocycles. The number of hydrogen-bond acceptors (Lipinski definition) is 7. The highest BCUT2D eigenvalue weighted by molar-refractivity contribution is 5.95. The van der Waals surface area contributed by atoms with Crippen LogP contribution in [0.5, 0.6) is 0 Å². The van der Waals surface area contributed by atoms with Gasteiger partial charge in [-0.15, -0.1) is 0 Å². The molecular weight excluding hydrogens is 502 g/mol. The predicted molar refractivity (Wildman–Crippen MR) is 153 cm³/mol. The third-order valence-corrected chi connectivity index (χ3v) is 7.46. The lowest BCUT2D eigenvalue weighted by atomic mass is 9.87. The first-order valence-electron chi connectivity index (χ1n) is 13.6. The van der Waals surface area contributed by atoms with Crippen LogP contribution in [0.4, 0.5) is 5.69 Å². The summed E-state index contributed by atoms with van der Waals surface area (Å²) < 4.78 is 0. The summed E-state index contributed by atoms with van der Waals surface area (Å²) in [6, 6.07) is 13.3. The average molecular weight is 530 g/mol. The molecule has 0 spiro atoms. The van der Waals surface area contributed by atoms with E-state index >= 15 is 0 Å². The van der Waals surface area contributed by atoms with Crippen LogP contribution < -0.4 is 5.32 Å². The van der Waals surface area contributed by atoms with Crippen molar-refractivity contribution in [1.29, 1.82) is 0 Å². The van der Waals surface area contributed by atoms with Crippen molar-refractivity contribution in [2.24, 2.45) is 5.92 Å². The van der Waals surface area contributed by atoms with Gasteiger partial charge in [0.15, 0.2) is 11.5 Å². The zero-order valence-electron chi connectivity index (χ0n) is 21.8. The maximum absolute atomic E-state index is 12.7. The first kappa shape index (κ1) is 24.1. The van der Waals surface area contributed by atoms with Crippen LogP contribution in [0.25, 0.3) is 56.2 Å². The normalized spacial score (nSPS) is 14.1. The van der Waals surface area contributed by atoms with Gasteiger partial charge < -0.3 is 10.3 Å². The molecule has 7 rings (SSSR count). The van der Waals surface area contributed by atoms with E-state index in [1.807, 2.05) is 42.5 Å². The molecule has 40 heavy (non-hydrogen) atoms. The molecule has 1 fully saturated rings. The van der Waals surface area contributed by atoms with Gasteiger partial charge in [-0.25, -0.2) is 9.97 Å². The molecule has 1 aliphatic rings. The van der Waals surface area contributed by atoms with E-state index in [0.29, 0.717) is 46.3 Å². The van der Waals surface area contributed by atoms with E-state index < -0.39 is 0 Å². The van der Waals surface area contributed by atoms with Crippen LogP contribution in [-0.4, -0.2) is 46.0 Å². The fraction of sp³-hybridized carbons (Fsp3) is 0.233. The highest BCUT2D eigenvalue weighted by Crippen LogP contribution is 2.31. The van der Waals surface area contributed by atoms with Gasteiger partial charge in [-0.2, -0.15) is 5.10 Å². The van der Waals surface area contributed by atoms with Gasteiger partial charge in [-0.1, -0.05) is 25.3 Å². The highest BCUT2D eigenvalue weighted by Gasteiger charge is 2.19. The quantitative estimate of drug-likeness (QED) is 0.243. The largest absolute Gasteiger partial charge is 0.336 e. The molecule has 6 aromatic heterocycles. The fourth-order valence-electron chi connectivity index (χ4n) is 5.48. The van der Waals surface area contributed by atoms with E-state index in [0.717, 1.165) is 40.8 Å². The lowest BCUT2D eigenvalue weighted by Gasteiger charge is -2.20. The van der Waals surface area contributed by atoms with Gasteiger partial charge in [-0.3, -0.25) is 24.8 Å². The van der Waals surface area contributed by atoms with Gasteiger partial charge >= 0.3 is 0 Å². The van der Waals surface area contributed by atoms with E-state index in [9.17, 15) is 4.79 Å².